The highest BCUT2D eigenvalue weighted by atomic mass is 32.2. The van der Waals surface area contributed by atoms with Crippen LogP contribution in [0.15, 0.2) is 29.2 Å². The molecule has 0 aromatic heterocycles. The molecule has 20 heavy (non-hydrogen) atoms. The minimum Gasteiger partial charge on any atom is -0.328 e. The molecule has 1 fully saturated rings. The standard InChI is InChI=1S/C14H19N3O2S/c15-11-12-2-1-3-14(10-12)20(18,19)9-8-17-6-4-13(16)5-7-17/h1-3,10,13H,4-9,16H2. The molecule has 1 heterocycles. The number of nitrogens with zero attached hydrogens (tertiary/aromatic N) is 2. The molecule has 0 atom stereocenters. The summed E-state index contributed by atoms with van der Waals surface area (Å²) in [6.45, 7) is 2.23. The largest absolute Gasteiger partial charge is 0.328 e. The van der Waals surface area contributed by atoms with Crippen molar-refractivity contribution in [2.75, 3.05) is 25.4 Å². The average molecular weight is 293 g/mol. The van der Waals surface area contributed by atoms with Gasteiger partial charge in [-0.2, -0.15) is 5.26 Å². The van der Waals surface area contributed by atoms with Crippen molar-refractivity contribution in [3.8, 4) is 6.07 Å². The lowest BCUT2D eigenvalue weighted by Gasteiger charge is -2.29. The van der Waals surface area contributed by atoms with Crippen LogP contribution in [0.5, 0.6) is 0 Å². The molecular weight excluding hydrogens is 274 g/mol. The van der Waals surface area contributed by atoms with Crippen LogP contribution >= 0.6 is 0 Å². The number of likely N-dealkylation sites (tertiary alicyclic amines) is 1. The zero-order valence-corrected chi connectivity index (χ0v) is 12.1. The Bertz CT molecular complexity index is 599. The van der Waals surface area contributed by atoms with Crippen molar-refractivity contribution in [2.24, 2.45) is 5.73 Å². The van der Waals surface area contributed by atoms with Gasteiger partial charge in [-0.1, -0.05) is 6.07 Å². The second kappa shape index (κ2) is 6.35. The van der Waals surface area contributed by atoms with Crippen LogP contribution in [0, 0.1) is 11.3 Å². The number of sulfone groups is 1. The average Bonchev–Trinajstić information content (AvgIpc) is 2.47. The predicted molar refractivity (Wildman–Crippen MR) is 76.9 cm³/mol. The van der Waals surface area contributed by atoms with Crippen molar-refractivity contribution in [3.63, 3.8) is 0 Å². The number of hydrogen-bond acceptors (Lipinski definition) is 5. The number of nitriles is 1. The summed E-state index contributed by atoms with van der Waals surface area (Å²) in [5, 5.41) is 8.82. The van der Waals surface area contributed by atoms with Crippen LogP contribution in [0.4, 0.5) is 0 Å². The Morgan fingerprint density at radius 2 is 2.05 bits per heavy atom. The molecule has 1 aromatic carbocycles. The zero-order valence-electron chi connectivity index (χ0n) is 11.3. The van der Waals surface area contributed by atoms with Crippen LogP contribution in [0.1, 0.15) is 18.4 Å². The second-order valence-corrected chi connectivity index (χ2v) is 7.25. The van der Waals surface area contributed by atoms with Gasteiger partial charge >= 0.3 is 0 Å². The molecule has 1 aromatic rings. The van der Waals surface area contributed by atoms with Crippen LogP contribution in [-0.2, 0) is 9.84 Å². The maximum atomic E-state index is 12.2. The molecule has 0 unspecified atom stereocenters. The SMILES string of the molecule is N#Cc1cccc(S(=O)(=O)CCN2CCC(N)CC2)c1. The fourth-order valence-electron chi connectivity index (χ4n) is 2.30. The number of piperidine rings is 1. The molecule has 0 bridgehead atoms. The molecule has 1 aliphatic heterocycles. The zero-order chi connectivity index (χ0) is 14.6. The first kappa shape index (κ1) is 15.0. The van der Waals surface area contributed by atoms with E-state index in [4.69, 9.17) is 11.0 Å². The van der Waals surface area contributed by atoms with E-state index in [1.807, 2.05) is 6.07 Å². The topological polar surface area (TPSA) is 87.2 Å². The molecule has 0 radical (unpaired) electrons. The minimum absolute atomic E-state index is 0.0805. The van der Waals surface area contributed by atoms with Gasteiger partial charge in [0.25, 0.3) is 0 Å². The van der Waals surface area contributed by atoms with Crippen LogP contribution in [0.25, 0.3) is 0 Å². The summed E-state index contributed by atoms with van der Waals surface area (Å²) in [7, 11) is -3.33. The van der Waals surface area contributed by atoms with Crippen molar-refractivity contribution < 1.29 is 8.42 Å². The third-order valence-electron chi connectivity index (χ3n) is 3.63. The number of hydrogen-bond donors (Lipinski definition) is 1. The maximum absolute atomic E-state index is 12.2. The third-order valence-corrected chi connectivity index (χ3v) is 5.32. The van der Waals surface area contributed by atoms with E-state index in [0.717, 1.165) is 25.9 Å². The Morgan fingerprint density at radius 1 is 1.35 bits per heavy atom. The monoisotopic (exact) mass is 293 g/mol. The van der Waals surface area contributed by atoms with Crippen molar-refractivity contribution in [1.29, 1.82) is 5.26 Å². The van der Waals surface area contributed by atoms with Gasteiger partial charge in [-0.05, 0) is 44.1 Å². The molecule has 5 nitrogen and oxygen atoms in total. The van der Waals surface area contributed by atoms with Crippen molar-refractivity contribution in [1.82, 2.24) is 4.90 Å². The Morgan fingerprint density at radius 3 is 2.70 bits per heavy atom. The van der Waals surface area contributed by atoms with Crippen LogP contribution in [0.3, 0.4) is 0 Å². The summed E-state index contributed by atoms with van der Waals surface area (Å²) >= 11 is 0. The quantitative estimate of drug-likeness (QED) is 0.885. The Kier molecular flexibility index (Phi) is 4.76. The summed E-state index contributed by atoms with van der Waals surface area (Å²) in [6.07, 6.45) is 1.84. The summed E-state index contributed by atoms with van der Waals surface area (Å²) in [5.74, 6) is 0.0805. The summed E-state index contributed by atoms with van der Waals surface area (Å²) in [5.41, 5.74) is 6.20. The van der Waals surface area contributed by atoms with E-state index in [0.29, 0.717) is 12.1 Å². The highest BCUT2D eigenvalue weighted by molar-refractivity contribution is 7.91. The fourth-order valence-corrected chi connectivity index (χ4v) is 3.63. The number of rotatable bonds is 4. The van der Waals surface area contributed by atoms with Crippen molar-refractivity contribution in [3.05, 3.63) is 29.8 Å². The second-order valence-electron chi connectivity index (χ2n) is 5.14. The smallest absolute Gasteiger partial charge is 0.179 e. The number of nitrogens with two attached hydrogens (primary N) is 1. The normalized spacial score (nSPS) is 17.8. The van der Waals surface area contributed by atoms with E-state index in [2.05, 4.69) is 4.90 Å². The van der Waals surface area contributed by atoms with E-state index < -0.39 is 9.84 Å². The minimum atomic E-state index is -3.33. The summed E-state index contributed by atoms with van der Waals surface area (Å²) in [6, 6.07) is 8.39. The third kappa shape index (κ3) is 3.79. The molecule has 0 saturated carbocycles. The molecule has 108 valence electrons. The van der Waals surface area contributed by atoms with E-state index in [9.17, 15) is 8.42 Å². The van der Waals surface area contributed by atoms with Gasteiger partial charge in [0, 0.05) is 12.6 Å². The van der Waals surface area contributed by atoms with Gasteiger partial charge in [-0.15, -0.1) is 0 Å². The fraction of sp³-hybridized carbons (Fsp3) is 0.500. The van der Waals surface area contributed by atoms with Gasteiger partial charge < -0.3 is 10.6 Å². The molecular formula is C14H19N3O2S. The first-order valence-electron chi connectivity index (χ1n) is 6.72. The molecule has 1 saturated heterocycles. The van der Waals surface area contributed by atoms with Crippen LogP contribution in [0.2, 0.25) is 0 Å². The highest BCUT2D eigenvalue weighted by Crippen LogP contribution is 2.14. The Balaban J connectivity index is 1.99. The summed E-state index contributed by atoms with van der Waals surface area (Å²) < 4.78 is 24.5. The van der Waals surface area contributed by atoms with Gasteiger partial charge in [0.1, 0.15) is 0 Å². The van der Waals surface area contributed by atoms with E-state index in [1.54, 1.807) is 18.2 Å². The first-order valence-corrected chi connectivity index (χ1v) is 8.37. The molecule has 6 heteroatoms. The predicted octanol–water partition coefficient (Wildman–Crippen LogP) is 0.755. The van der Waals surface area contributed by atoms with Gasteiger partial charge in [0.15, 0.2) is 9.84 Å². The van der Waals surface area contributed by atoms with E-state index in [-0.39, 0.29) is 16.7 Å². The molecule has 0 aliphatic carbocycles. The van der Waals surface area contributed by atoms with E-state index >= 15 is 0 Å². The highest BCUT2D eigenvalue weighted by Gasteiger charge is 2.20. The molecule has 1 aliphatic rings. The molecule has 0 amide bonds. The van der Waals surface area contributed by atoms with Crippen LogP contribution < -0.4 is 5.73 Å². The Labute approximate surface area is 119 Å². The van der Waals surface area contributed by atoms with Crippen molar-refractivity contribution >= 4 is 9.84 Å². The van der Waals surface area contributed by atoms with Gasteiger partial charge in [-0.3, -0.25) is 0 Å². The van der Waals surface area contributed by atoms with Gasteiger partial charge in [0.05, 0.1) is 22.3 Å². The molecule has 0 spiro atoms. The lowest BCUT2D eigenvalue weighted by molar-refractivity contribution is 0.224. The molecule has 2 N–H and O–H groups in total. The lowest BCUT2D eigenvalue weighted by atomic mass is 10.1. The lowest BCUT2D eigenvalue weighted by Crippen LogP contribution is -2.41. The van der Waals surface area contributed by atoms with Gasteiger partial charge in [-0.25, -0.2) is 8.42 Å². The summed E-state index contributed by atoms with van der Waals surface area (Å²) in [4.78, 5) is 2.36. The van der Waals surface area contributed by atoms with Crippen molar-refractivity contribution in [2.45, 2.75) is 23.8 Å². The van der Waals surface area contributed by atoms with Gasteiger partial charge in [0.2, 0.25) is 0 Å². The Hall–Kier alpha value is -1.42. The first-order chi connectivity index (χ1) is 9.51. The maximum Gasteiger partial charge on any atom is 0.179 e. The van der Waals surface area contributed by atoms with E-state index in [1.165, 1.54) is 6.07 Å². The molecule has 2 rings (SSSR count). The number of benzene rings is 1. The van der Waals surface area contributed by atoms with Crippen LogP contribution in [-0.4, -0.2) is 44.7 Å².